The predicted molar refractivity (Wildman–Crippen MR) is 66.3 cm³/mol. The van der Waals surface area contributed by atoms with Crippen molar-refractivity contribution in [2.45, 2.75) is 38.1 Å². The molecule has 6 heteroatoms. The van der Waals surface area contributed by atoms with Crippen LogP contribution in [0, 0.1) is 0 Å². The highest BCUT2D eigenvalue weighted by Gasteiger charge is 2.49. The van der Waals surface area contributed by atoms with Crippen LogP contribution in [-0.2, 0) is 4.79 Å². The number of likely N-dealkylation sites (tertiary alicyclic amines) is 1. The lowest BCUT2D eigenvalue weighted by atomic mass is 9.93. The number of aliphatic hydroxyl groups is 1. The number of carboxylic acid groups (broad SMARTS) is 1. The molecule has 6 nitrogen and oxygen atoms in total. The first-order chi connectivity index (χ1) is 8.49. The van der Waals surface area contributed by atoms with E-state index >= 15 is 0 Å². The van der Waals surface area contributed by atoms with E-state index in [0.717, 1.165) is 6.42 Å². The van der Waals surface area contributed by atoms with Crippen LogP contribution in [0.25, 0.3) is 0 Å². The largest absolute Gasteiger partial charge is 0.479 e. The summed E-state index contributed by atoms with van der Waals surface area (Å²) in [6.07, 6.45) is 2.16. The number of nitrogens with zero attached hydrogens (tertiary/aromatic N) is 2. The van der Waals surface area contributed by atoms with Crippen LogP contribution >= 0.6 is 0 Å². The van der Waals surface area contributed by atoms with Crippen molar-refractivity contribution in [2.75, 3.05) is 26.7 Å². The van der Waals surface area contributed by atoms with E-state index < -0.39 is 11.5 Å². The molecule has 1 aliphatic rings. The molecule has 1 saturated heterocycles. The normalized spacial score (nSPS) is 23.2. The monoisotopic (exact) mass is 258 g/mol. The van der Waals surface area contributed by atoms with Crippen molar-refractivity contribution >= 4 is 12.0 Å². The van der Waals surface area contributed by atoms with Crippen LogP contribution < -0.4 is 0 Å². The lowest BCUT2D eigenvalue weighted by molar-refractivity contribution is -0.148. The second kappa shape index (κ2) is 6.04. The van der Waals surface area contributed by atoms with Crippen molar-refractivity contribution in [1.29, 1.82) is 0 Å². The summed E-state index contributed by atoms with van der Waals surface area (Å²) in [6, 6.07) is -0.259. The summed E-state index contributed by atoms with van der Waals surface area (Å²) in [5, 5.41) is 18.1. The zero-order valence-electron chi connectivity index (χ0n) is 11.1. The maximum atomic E-state index is 12.2. The molecule has 0 aromatic carbocycles. The number of hydrogen-bond acceptors (Lipinski definition) is 3. The van der Waals surface area contributed by atoms with Gasteiger partial charge < -0.3 is 20.0 Å². The Morgan fingerprint density at radius 2 is 2.11 bits per heavy atom. The van der Waals surface area contributed by atoms with Crippen molar-refractivity contribution in [3.8, 4) is 0 Å². The van der Waals surface area contributed by atoms with Gasteiger partial charge in [0.05, 0.1) is 0 Å². The maximum absolute atomic E-state index is 12.2. The fourth-order valence-electron chi connectivity index (χ4n) is 2.51. The van der Waals surface area contributed by atoms with E-state index in [9.17, 15) is 14.7 Å². The number of carbonyl (C=O) groups excluding carboxylic acids is 1. The van der Waals surface area contributed by atoms with Crippen molar-refractivity contribution in [2.24, 2.45) is 0 Å². The number of amides is 2. The van der Waals surface area contributed by atoms with Gasteiger partial charge in [-0.15, -0.1) is 0 Å². The molecule has 1 aliphatic heterocycles. The summed E-state index contributed by atoms with van der Waals surface area (Å²) < 4.78 is 0. The minimum absolute atomic E-state index is 0.0233. The van der Waals surface area contributed by atoms with Gasteiger partial charge in [-0.3, -0.25) is 0 Å². The van der Waals surface area contributed by atoms with Crippen molar-refractivity contribution in [3.05, 3.63) is 0 Å². The number of rotatable bonds is 5. The number of carbonyl (C=O) groups is 2. The molecule has 2 amide bonds. The molecule has 0 bridgehead atoms. The number of urea groups is 1. The molecule has 18 heavy (non-hydrogen) atoms. The van der Waals surface area contributed by atoms with Gasteiger partial charge in [0.2, 0.25) is 0 Å². The highest BCUT2D eigenvalue weighted by Crippen LogP contribution is 2.33. The SMILES string of the molecule is CCC1(C(=O)O)CCCN1C(=O)N(C)CCCO. The molecule has 2 N–H and O–H groups in total. The predicted octanol–water partition coefficient (Wildman–Crippen LogP) is 0.750. The molecule has 0 saturated carbocycles. The first-order valence-electron chi connectivity index (χ1n) is 6.36. The Balaban J connectivity index is 2.80. The number of aliphatic hydroxyl groups excluding tert-OH is 1. The molecule has 0 aromatic heterocycles. The Morgan fingerprint density at radius 1 is 1.44 bits per heavy atom. The van der Waals surface area contributed by atoms with Gasteiger partial charge in [-0.25, -0.2) is 9.59 Å². The summed E-state index contributed by atoms with van der Waals surface area (Å²) in [5.41, 5.74) is -1.05. The molecule has 104 valence electrons. The van der Waals surface area contributed by atoms with E-state index in [4.69, 9.17) is 5.11 Å². The number of aliphatic carboxylic acids is 1. The number of carboxylic acids is 1. The zero-order chi connectivity index (χ0) is 13.8. The Morgan fingerprint density at radius 3 is 2.61 bits per heavy atom. The molecule has 0 spiro atoms. The van der Waals surface area contributed by atoms with Crippen molar-refractivity contribution in [3.63, 3.8) is 0 Å². The van der Waals surface area contributed by atoms with Crippen LogP contribution in [0.1, 0.15) is 32.6 Å². The standard InChI is InChI=1S/C12H22N2O4/c1-3-12(10(16)17)6-4-8-14(12)11(18)13(2)7-5-9-15/h15H,3-9H2,1-2H3,(H,16,17). The lowest BCUT2D eigenvalue weighted by Crippen LogP contribution is -2.56. The molecule has 0 aliphatic carbocycles. The first kappa shape index (κ1) is 14.8. The summed E-state index contributed by atoms with van der Waals surface area (Å²) in [6.45, 7) is 2.75. The molecular weight excluding hydrogens is 236 g/mol. The third kappa shape index (κ3) is 2.58. The van der Waals surface area contributed by atoms with Crippen LogP contribution in [0.15, 0.2) is 0 Å². The average molecular weight is 258 g/mol. The highest BCUT2D eigenvalue weighted by atomic mass is 16.4. The van der Waals surface area contributed by atoms with E-state index in [1.807, 2.05) is 0 Å². The molecule has 1 rings (SSSR count). The molecule has 1 heterocycles. The molecule has 1 atom stereocenters. The van der Waals surface area contributed by atoms with Crippen LogP contribution in [0.5, 0.6) is 0 Å². The van der Waals surface area contributed by atoms with Gasteiger partial charge in [0.1, 0.15) is 5.54 Å². The molecule has 0 aromatic rings. The van der Waals surface area contributed by atoms with Crippen molar-refractivity contribution < 1.29 is 19.8 Å². The first-order valence-corrected chi connectivity index (χ1v) is 6.36. The van der Waals surface area contributed by atoms with E-state index in [0.29, 0.717) is 32.4 Å². The second-order valence-corrected chi connectivity index (χ2v) is 4.73. The summed E-state index contributed by atoms with van der Waals surface area (Å²) >= 11 is 0. The molecule has 1 fully saturated rings. The maximum Gasteiger partial charge on any atom is 0.329 e. The van der Waals surface area contributed by atoms with E-state index in [2.05, 4.69) is 0 Å². The highest BCUT2D eigenvalue weighted by molar-refractivity contribution is 5.87. The minimum atomic E-state index is -1.05. The zero-order valence-corrected chi connectivity index (χ0v) is 11.1. The summed E-state index contributed by atoms with van der Waals surface area (Å²) in [4.78, 5) is 26.6. The minimum Gasteiger partial charge on any atom is -0.479 e. The fourth-order valence-corrected chi connectivity index (χ4v) is 2.51. The summed E-state index contributed by atoms with van der Waals surface area (Å²) in [7, 11) is 1.64. The molecular formula is C12H22N2O4. The average Bonchev–Trinajstić information content (AvgIpc) is 2.79. The van der Waals surface area contributed by atoms with Gasteiger partial charge in [-0.05, 0) is 25.7 Å². The lowest BCUT2D eigenvalue weighted by Gasteiger charge is -2.36. The molecule has 1 unspecified atom stereocenters. The van der Waals surface area contributed by atoms with Gasteiger partial charge >= 0.3 is 12.0 Å². The topological polar surface area (TPSA) is 81.1 Å². The van der Waals surface area contributed by atoms with Crippen LogP contribution in [0.4, 0.5) is 4.79 Å². The second-order valence-electron chi connectivity index (χ2n) is 4.73. The van der Waals surface area contributed by atoms with Crippen molar-refractivity contribution in [1.82, 2.24) is 9.80 Å². The Labute approximate surface area is 107 Å². The van der Waals surface area contributed by atoms with E-state index in [1.165, 1.54) is 9.80 Å². The molecule has 0 radical (unpaired) electrons. The third-order valence-corrected chi connectivity index (χ3v) is 3.68. The number of hydrogen-bond donors (Lipinski definition) is 2. The third-order valence-electron chi connectivity index (χ3n) is 3.68. The van der Waals surface area contributed by atoms with Crippen LogP contribution in [0.3, 0.4) is 0 Å². The Bertz CT molecular complexity index is 321. The van der Waals surface area contributed by atoms with Gasteiger partial charge in [-0.2, -0.15) is 0 Å². The summed E-state index contributed by atoms with van der Waals surface area (Å²) in [5.74, 6) is -0.925. The van der Waals surface area contributed by atoms with Gasteiger partial charge in [0.25, 0.3) is 0 Å². The smallest absolute Gasteiger partial charge is 0.329 e. The van der Waals surface area contributed by atoms with Crippen LogP contribution in [-0.4, -0.2) is 64.3 Å². The van der Waals surface area contributed by atoms with Gasteiger partial charge in [0, 0.05) is 26.7 Å². The van der Waals surface area contributed by atoms with E-state index in [1.54, 1.807) is 14.0 Å². The Kier molecular flexibility index (Phi) is 4.95. The van der Waals surface area contributed by atoms with Crippen LogP contribution in [0.2, 0.25) is 0 Å². The quantitative estimate of drug-likeness (QED) is 0.762. The van der Waals surface area contributed by atoms with E-state index in [-0.39, 0.29) is 12.6 Å². The Hall–Kier alpha value is -1.30. The fraction of sp³-hybridized carbons (Fsp3) is 0.833. The van der Waals surface area contributed by atoms with Gasteiger partial charge in [-0.1, -0.05) is 6.92 Å². The van der Waals surface area contributed by atoms with Gasteiger partial charge in [0.15, 0.2) is 0 Å².